The molecule has 0 aromatic carbocycles. The Hall–Kier alpha value is 0.700. The van der Waals surface area contributed by atoms with Gasteiger partial charge >= 0.3 is 0 Å². The third-order valence-corrected chi connectivity index (χ3v) is 2.74. The molecule has 0 saturated carbocycles. The molecule has 0 atom stereocenters. The van der Waals surface area contributed by atoms with Crippen LogP contribution in [0, 0.1) is 13.8 Å². The maximum Gasteiger partial charge on any atom is 0.110 e. The van der Waals surface area contributed by atoms with Crippen molar-refractivity contribution in [3.63, 3.8) is 0 Å². The van der Waals surface area contributed by atoms with Crippen LogP contribution in [-0.2, 0) is 13.0 Å². The molecule has 0 amide bonds. The second kappa shape index (κ2) is 5.69. The number of aryl methyl sites for hydroxylation is 1. The SMILES string of the molecule is Cc1oc2c(c1C)CN(C)CC2.II. The lowest BCUT2D eigenvalue weighted by Crippen LogP contribution is -2.25. The summed E-state index contributed by atoms with van der Waals surface area (Å²) in [6, 6.07) is 0. The van der Waals surface area contributed by atoms with Crippen LogP contribution in [-0.4, -0.2) is 18.5 Å². The highest BCUT2D eigenvalue weighted by Crippen LogP contribution is 2.26. The van der Waals surface area contributed by atoms with E-state index in [1.165, 1.54) is 16.9 Å². The zero-order chi connectivity index (χ0) is 10.7. The zero-order valence-corrected chi connectivity index (χ0v) is 13.0. The minimum absolute atomic E-state index is 1.05. The van der Waals surface area contributed by atoms with Gasteiger partial charge in [-0.05, 0) is 26.5 Å². The Bertz CT molecular complexity index is 309. The minimum Gasteiger partial charge on any atom is -0.466 e. The van der Waals surface area contributed by atoms with Crippen LogP contribution in [0.1, 0.15) is 22.6 Å². The van der Waals surface area contributed by atoms with Crippen molar-refractivity contribution < 1.29 is 4.42 Å². The third kappa shape index (κ3) is 2.63. The van der Waals surface area contributed by atoms with Gasteiger partial charge in [0.1, 0.15) is 11.5 Å². The Morgan fingerprint density at radius 3 is 2.57 bits per heavy atom. The highest BCUT2D eigenvalue weighted by atomic mass is 128. The van der Waals surface area contributed by atoms with Crippen molar-refractivity contribution in [2.75, 3.05) is 13.6 Å². The average Bonchev–Trinajstić information content (AvgIpc) is 2.48. The number of likely N-dealkylation sites (N-methyl/N-ethyl adjacent to an activating group) is 1. The molecule has 0 aliphatic carbocycles. The largest absolute Gasteiger partial charge is 0.466 e. The molecule has 2 nitrogen and oxygen atoms in total. The Kier molecular flexibility index (Phi) is 5.19. The normalized spacial score (nSPS) is 15.8. The summed E-state index contributed by atoms with van der Waals surface area (Å²) in [4.78, 5) is 2.34. The molecule has 0 saturated heterocycles. The first-order chi connectivity index (χ1) is 6.68. The summed E-state index contributed by atoms with van der Waals surface area (Å²) in [5, 5.41) is 0. The first-order valence-corrected chi connectivity index (χ1v) is 10.9. The fraction of sp³-hybridized carbons (Fsp3) is 0.600. The van der Waals surface area contributed by atoms with E-state index in [1.807, 2.05) is 6.92 Å². The van der Waals surface area contributed by atoms with Crippen molar-refractivity contribution in [3.05, 3.63) is 22.6 Å². The van der Waals surface area contributed by atoms with Crippen LogP contribution in [0.4, 0.5) is 0 Å². The number of rotatable bonds is 0. The summed E-state index contributed by atoms with van der Waals surface area (Å²) in [6.07, 6.45) is 1.07. The maximum atomic E-state index is 5.66. The van der Waals surface area contributed by atoms with Gasteiger partial charge in [0.05, 0.1) is 0 Å². The van der Waals surface area contributed by atoms with Crippen LogP contribution in [0.25, 0.3) is 0 Å². The molecule has 0 radical (unpaired) electrons. The van der Waals surface area contributed by atoms with E-state index in [1.54, 1.807) is 0 Å². The summed E-state index contributed by atoms with van der Waals surface area (Å²) < 4.78 is 5.66. The van der Waals surface area contributed by atoms with Gasteiger partial charge in [-0.25, -0.2) is 0 Å². The third-order valence-electron chi connectivity index (χ3n) is 2.74. The number of furan rings is 1. The molecule has 80 valence electrons. The smallest absolute Gasteiger partial charge is 0.110 e. The highest BCUT2D eigenvalue weighted by Gasteiger charge is 2.20. The summed E-state index contributed by atoms with van der Waals surface area (Å²) in [6.45, 7) is 6.38. The van der Waals surface area contributed by atoms with Crippen molar-refractivity contribution in [1.82, 2.24) is 4.90 Å². The Labute approximate surface area is 109 Å². The molecule has 1 aliphatic heterocycles. The molecular weight excluding hydrogens is 404 g/mol. The molecule has 0 bridgehead atoms. The molecule has 0 N–H and O–H groups in total. The van der Waals surface area contributed by atoms with Crippen LogP contribution in [0.2, 0.25) is 0 Å². The van der Waals surface area contributed by atoms with Gasteiger partial charge in [-0.15, -0.1) is 0 Å². The topological polar surface area (TPSA) is 16.4 Å². The molecule has 4 heteroatoms. The van der Waals surface area contributed by atoms with Gasteiger partial charge in [0, 0.05) is 62.3 Å². The van der Waals surface area contributed by atoms with Gasteiger partial charge in [0.2, 0.25) is 0 Å². The van der Waals surface area contributed by atoms with Crippen LogP contribution in [0.15, 0.2) is 4.42 Å². The van der Waals surface area contributed by atoms with E-state index >= 15 is 0 Å². The zero-order valence-electron chi connectivity index (χ0n) is 8.73. The molecule has 0 spiro atoms. The predicted molar refractivity (Wildman–Crippen MR) is 76.3 cm³/mol. The number of fused-ring (bicyclic) bond motifs is 1. The Morgan fingerprint density at radius 1 is 1.29 bits per heavy atom. The lowest BCUT2D eigenvalue weighted by molar-refractivity contribution is 0.292. The summed E-state index contributed by atoms with van der Waals surface area (Å²) >= 11 is 4.24. The van der Waals surface area contributed by atoms with Crippen LogP contribution in [0.3, 0.4) is 0 Å². The second-order valence-electron chi connectivity index (χ2n) is 3.67. The summed E-state index contributed by atoms with van der Waals surface area (Å²) in [7, 11) is 2.16. The molecule has 14 heavy (non-hydrogen) atoms. The first-order valence-electron chi connectivity index (χ1n) is 4.59. The van der Waals surface area contributed by atoms with Gasteiger partial charge in [-0.3, -0.25) is 0 Å². The van der Waals surface area contributed by atoms with Crippen molar-refractivity contribution in [2.24, 2.45) is 0 Å². The van der Waals surface area contributed by atoms with E-state index < -0.39 is 0 Å². The summed E-state index contributed by atoms with van der Waals surface area (Å²) in [5.41, 5.74) is 2.76. The van der Waals surface area contributed by atoms with Crippen molar-refractivity contribution >= 4 is 37.2 Å². The maximum absolute atomic E-state index is 5.66. The van der Waals surface area contributed by atoms with Gasteiger partial charge in [-0.2, -0.15) is 0 Å². The van der Waals surface area contributed by atoms with E-state index in [-0.39, 0.29) is 0 Å². The molecule has 2 rings (SSSR count). The van der Waals surface area contributed by atoms with Gasteiger partial charge in [-0.1, -0.05) is 0 Å². The molecule has 1 aromatic rings. The minimum atomic E-state index is 1.05. The van der Waals surface area contributed by atoms with Gasteiger partial charge < -0.3 is 9.32 Å². The molecule has 1 aliphatic rings. The van der Waals surface area contributed by atoms with E-state index in [0.717, 1.165) is 25.3 Å². The summed E-state index contributed by atoms with van der Waals surface area (Å²) in [5.74, 6) is 2.30. The number of halogens is 2. The van der Waals surface area contributed by atoms with E-state index in [4.69, 9.17) is 4.42 Å². The lowest BCUT2D eigenvalue weighted by atomic mass is 10.0. The highest BCUT2D eigenvalue weighted by molar-refractivity contribution is 15.0. The quantitative estimate of drug-likeness (QED) is 0.598. The predicted octanol–water partition coefficient (Wildman–Crippen LogP) is 3.66. The van der Waals surface area contributed by atoms with Crippen molar-refractivity contribution in [3.8, 4) is 0 Å². The number of nitrogens with zero attached hydrogens (tertiary/aromatic N) is 1. The average molecular weight is 419 g/mol. The molecule has 2 heterocycles. The van der Waals surface area contributed by atoms with E-state index in [9.17, 15) is 0 Å². The lowest BCUT2D eigenvalue weighted by Gasteiger charge is -2.21. The molecule has 0 fully saturated rings. The standard InChI is InChI=1S/C10H15NO.I2/c1-7-8(2)12-10-4-5-11(3)6-9(7)10;1-2/h4-6H2,1-3H3;. The number of hydrogen-bond acceptors (Lipinski definition) is 2. The van der Waals surface area contributed by atoms with E-state index in [0.29, 0.717) is 0 Å². The fourth-order valence-corrected chi connectivity index (χ4v) is 1.79. The van der Waals surface area contributed by atoms with Gasteiger partial charge in [0.15, 0.2) is 0 Å². The Morgan fingerprint density at radius 2 is 1.93 bits per heavy atom. The molecule has 0 unspecified atom stereocenters. The van der Waals surface area contributed by atoms with Crippen LogP contribution in [0.5, 0.6) is 0 Å². The first kappa shape index (κ1) is 12.8. The molecule has 1 aromatic heterocycles. The van der Waals surface area contributed by atoms with Gasteiger partial charge in [0.25, 0.3) is 0 Å². The van der Waals surface area contributed by atoms with Crippen molar-refractivity contribution in [1.29, 1.82) is 0 Å². The second-order valence-corrected chi connectivity index (χ2v) is 3.67. The number of hydrogen-bond donors (Lipinski definition) is 0. The van der Waals surface area contributed by atoms with Crippen molar-refractivity contribution in [2.45, 2.75) is 26.8 Å². The Balaban J connectivity index is 0.000000461. The fourth-order valence-electron chi connectivity index (χ4n) is 1.79. The van der Waals surface area contributed by atoms with Crippen LogP contribution < -0.4 is 0 Å². The molecular formula is C10H15I2NO. The van der Waals surface area contributed by atoms with Crippen LogP contribution >= 0.6 is 37.2 Å². The monoisotopic (exact) mass is 419 g/mol. The van der Waals surface area contributed by atoms with E-state index in [2.05, 4.69) is 56.1 Å².